The van der Waals surface area contributed by atoms with E-state index >= 15 is 0 Å². The molecule has 0 aromatic heterocycles. The number of amides is 1. The summed E-state index contributed by atoms with van der Waals surface area (Å²) in [5.41, 5.74) is -0.251. The Morgan fingerprint density at radius 1 is 1.44 bits per heavy atom. The lowest BCUT2D eigenvalue weighted by atomic mass is 10.2. The Bertz CT molecular complexity index is 426. The number of likely N-dealkylation sites (N-methyl/N-ethyl adjacent to an activating group) is 1. The molecule has 0 radical (unpaired) electrons. The van der Waals surface area contributed by atoms with Gasteiger partial charge in [-0.1, -0.05) is 12.2 Å². The molecule has 0 fully saturated rings. The molecule has 1 aliphatic heterocycles. The number of nitrogens with zero attached hydrogens (tertiary/aromatic N) is 1. The molecule has 0 aromatic rings. The van der Waals surface area contributed by atoms with Crippen LogP contribution in [0, 0.1) is 0 Å². The maximum Gasteiger partial charge on any atom is 0.408 e. The molecule has 0 spiro atoms. The third kappa shape index (κ3) is 4.11. The normalized spacial score (nSPS) is 19.2. The fraction of sp³-hybridized carbons (Fsp3) is 0.462. The lowest BCUT2D eigenvalue weighted by Gasteiger charge is -2.24. The van der Waals surface area contributed by atoms with Crippen molar-refractivity contribution < 1.29 is 14.3 Å². The van der Waals surface area contributed by atoms with Crippen LogP contribution in [0.3, 0.4) is 0 Å². The van der Waals surface area contributed by atoms with E-state index in [-0.39, 0.29) is 0 Å². The SMILES string of the molecule is CN1C=CC=C[C@@H](NC(=O)OC(C)(C)C)C1=C=O. The average Bonchev–Trinajstić information content (AvgIpc) is 2.37. The summed E-state index contributed by atoms with van der Waals surface area (Å²) < 4.78 is 5.14. The van der Waals surface area contributed by atoms with Crippen LogP contribution >= 0.6 is 0 Å². The number of carbonyl (C=O) groups is 1. The molecule has 5 heteroatoms. The van der Waals surface area contributed by atoms with Crippen LogP contribution in [0.1, 0.15) is 20.8 Å². The molecule has 1 aliphatic rings. The van der Waals surface area contributed by atoms with Crippen molar-refractivity contribution in [2.75, 3.05) is 7.05 Å². The molecule has 1 heterocycles. The zero-order valence-electron chi connectivity index (χ0n) is 11.1. The van der Waals surface area contributed by atoms with Gasteiger partial charge in [0.1, 0.15) is 23.3 Å². The smallest absolute Gasteiger partial charge is 0.408 e. The lowest BCUT2D eigenvalue weighted by Crippen LogP contribution is -2.41. The second-order valence-electron chi connectivity index (χ2n) is 4.95. The van der Waals surface area contributed by atoms with Crippen molar-refractivity contribution in [1.82, 2.24) is 10.2 Å². The zero-order chi connectivity index (χ0) is 13.8. The van der Waals surface area contributed by atoms with Gasteiger partial charge in [0.2, 0.25) is 0 Å². The molecular weight excluding hydrogens is 232 g/mol. The maximum absolute atomic E-state index is 11.7. The van der Waals surface area contributed by atoms with Crippen LogP contribution in [0.15, 0.2) is 30.1 Å². The van der Waals surface area contributed by atoms with E-state index in [1.165, 1.54) is 0 Å². The van der Waals surface area contributed by atoms with Gasteiger partial charge in [-0.05, 0) is 26.8 Å². The van der Waals surface area contributed by atoms with Gasteiger partial charge in [-0.2, -0.15) is 0 Å². The molecule has 1 atom stereocenters. The van der Waals surface area contributed by atoms with Gasteiger partial charge >= 0.3 is 6.09 Å². The fourth-order valence-corrected chi connectivity index (χ4v) is 1.43. The number of rotatable bonds is 1. The molecule has 18 heavy (non-hydrogen) atoms. The summed E-state index contributed by atoms with van der Waals surface area (Å²) in [4.78, 5) is 24.2. The minimum Gasteiger partial charge on any atom is -0.444 e. The largest absolute Gasteiger partial charge is 0.444 e. The van der Waals surface area contributed by atoms with E-state index in [4.69, 9.17) is 4.74 Å². The predicted molar refractivity (Wildman–Crippen MR) is 68.4 cm³/mol. The minimum atomic E-state index is -0.576. The Morgan fingerprint density at radius 2 is 2.11 bits per heavy atom. The summed E-state index contributed by atoms with van der Waals surface area (Å²) in [5, 5.41) is 2.62. The second-order valence-corrected chi connectivity index (χ2v) is 4.95. The molecule has 0 saturated heterocycles. The van der Waals surface area contributed by atoms with E-state index in [1.54, 1.807) is 57.1 Å². The Hall–Kier alpha value is -2.00. The average molecular weight is 250 g/mol. The summed E-state index contributed by atoms with van der Waals surface area (Å²) in [6, 6.07) is -0.544. The third-order valence-electron chi connectivity index (χ3n) is 2.18. The summed E-state index contributed by atoms with van der Waals surface area (Å²) in [5.74, 6) is 1.83. The van der Waals surface area contributed by atoms with Crippen LogP contribution < -0.4 is 5.32 Å². The molecule has 1 rings (SSSR count). The second kappa shape index (κ2) is 5.56. The molecule has 1 N–H and O–H groups in total. The predicted octanol–water partition coefficient (Wildman–Crippen LogP) is 1.61. The minimum absolute atomic E-state index is 0.325. The summed E-state index contributed by atoms with van der Waals surface area (Å²) in [6.45, 7) is 5.33. The van der Waals surface area contributed by atoms with Crippen LogP contribution in [-0.4, -0.2) is 35.6 Å². The number of nitrogens with one attached hydrogen (secondary N) is 1. The first-order chi connectivity index (χ1) is 8.33. The molecular formula is C13H18N2O3. The van der Waals surface area contributed by atoms with E-state index in [9.17, 15) is 9.59 Å². The summed E-state index contributed by atoms with van der Waals surface area (Å²) in [7, 11) is 1.72. The van der Waals surface area contributed by atoms with Crippen molar-refractivity contribution in [1.29, 1.82) is 0 Å². The highest BCUT2D eigenvalue weighted by Crippen LogP contribution is 2.12. The number of hydrogen-bond donors (Lipinski definition) is 1. The quantitative estimate of drug-likeness (QED) is 0.718. The summed E-state index contributed by atoms with van der Waals surface area (Å²) >= 11 is 0. The van der Waals surface area contributed by atoms with Crippen LogP contribution in [0.25, 0.3) is 0 Å². The highest BCUT2D eigenvalue weighted by atomic mass is 16.6. The van der Waals surface area contributed by atoms with Crippen molar-refractivity contribution in [3.63, 3.8) is 0 Å². The monoisotopic (exact) mass is 250 g/mol. The number of carbonyl (C=O) groups excluding carboxylic acids is 2. The Morgan fingerprint density at radius 3 is 2.67 bits per heavy atom. The van der Waals surface area contributed by atoms with E-state index in [0.29, 0.717) is 5.70 Å². The summed E-state index contributed by atoms with van der Waals surface area (Å²) in [6.07, 6.45) is 6.37. The van der Waals surface area contributed by atoms with Crippen LogP contribution in [-0.2, 0) is 9.53 Å². The van der Waals surface area contributed by atoms with Crippen molar-refractivity contribution in [3.05, 3.63) is 30.1 Å². The number of hydrogen-bond acceptors (Lipinski definition) is 4. The van der Waals surface area contributed by atoms with Crippen molar-refractivity contribution in [2.24, 2.45) is 0 Å². The third-order valence-corrected chi connectivity index (χ3v) is 2.18. The van der Waals surface area contributed by atoms with E-state index < -0.39 is 17.7 Å². The zero-order valence-corrected chi connectivity index (χ0v) is 11.1. The lowest BCUT2D eigenvalue weighted by molar-refractivity contribution is 0.0518. The Kier molecular flexibility index (Phi) is 4.34. The number of ether oxygens (including phenoxy) is 1. The number of alkyl carbamates (subject to hydrolysis) is 1. The maximum atomic E-state index is 11.7. The van der Waals surface area contributed by atoms with E-state index in [1.807, 2.05) is 5.94 Å². The van der Waals surface area contributed by atoms with Gasteiger partial charge in [0, 0.05) is 13.2 Å². The van der Waals surface area contributed by atoms with Crippen molar-refractivity contribution >= 4 is 12.0 Å². The van der Waals surface area contributed by atoms with E-state index in [0.717, 1.165) is 0 Å². The molecule has 1 amide bonds. The molecule has 98 valence electrons. The van der Waals surface area contributed by atoms with Crippen LogP contribution in [0.5, 0.6) is 0 Å². The van der Waals surface area contributed by atoms with Gasteiger partial charge < -0.3 is 15.0 Å². The van der Waals surface area contributed by atoms with Gasteiger partial charge in [0.25, 0.3) is 0 Å². The topological polar surface area (TPSA) is 58.6 Å². The first-order valence-electron chi connectivity index (χ1n) is 5.66. The Balaban J connectivity index is 2.77. The number of allylic oxidation sites excluding steroid dienone is 2. The first-order valence-corrected chi connectivity index (χ1v) is 5.66. The van der Waals surface area contributed by atoms with E-state index in [2.05, 4.69) is 5.32 Å². The molecule has 0 aliphatic carbocycles. The Labute approximate surface area is 107 Å². The van der Waals surface area contributed by atoms with Crippen molar-refractivity contribution in [3.8, 4) is 0 Å². The van der Waals surface area contributed by atoms with Crippen LogP contribution in [0.4, 0.5) is 4.79 Å². The fourth-order valence-electron chi connectivity index (χ4n) is 1.43. The van der Waals surface area contributed by atoms with Gasteiger partial charge in [-0.15, -0.1) is 0 Å². The van der Waals surface area contributed by atoms with Gasteiger partial charge in [-0.3, -0.25) is 0 Å². The molecule has 0 saturated carbocycles. The van der Waals surface area contributed by atoms with Crippen molar-refractivity contribution in [2.45, 2.75) is 32.4 Å². The van der Waals surface area contributed by atoms with Crippen LogP contribution in [0.2, 0.25) is 0 Å². The molecule has 0 bridgehead atoms. The molecule has 5 nitrogen and oxygen atoms in total. The highest BCUT2D eigenvalue weighted by Gasteiger charge is 2.23. The van der Waals surface area contributed by atoms with Gasteiger partial charge in [-0.25, -0.2) is 9.59 Å². The standard InChI is InChI=1S/C13H18N2O3/c1-13(2,3)18-12(17)14-10-7-5-6-8-15(4)11(10)9-16/h5-8,10H,1-4H3,(H,14,17)/t10-/m1/s1. The first kappa shape index (κ1) is 14.1. The van der Waals surface area contributed by atoms with Gasteiger partial charge in [0.05, 0.1) is 0 Å². The van der Waals surface area contributed by atoms with Gasteiger partial charge in [0.15, 0.2) is 0 Å². The molecule has 0 unspecified atom stereocenters. The highest BCUT2D eigenvalue weighted by molar-refractivity contribution is 5.70. The molecule has 0 aromatic carbocycles.